The number of anilines is 1. The van der Waals surface area contributed by atoms with E-state index in [1.165, 1.54) is 0 Å². The number of benzene rings is 3. The third-order valence-corrected chi connectivity index (χ3v) is 3.85. The highest BCUT2D eigenvalue weighted by molar-refractivity contribution is 6.05. The fraction of sp³-hybridized carbons (Fsp3) is 0.143. The molecule has 4 nitrogen and oxygen atoms in total. The first-order valence-corrected chi connectivity index (χ1v) is 8.06. The normalized spacial score (nSPS) is 10.5. The molecular weight excluding hydrogens is 314 g/mol. The van der Waals surface area contributed by atoms with E-state index in [1.54, 1.807) is 12.1 Å². The Morgan fingerprint density at radius 3 is 2.36 bits per heavy atom. The summed E-state index contributed by atoms with van der Waals surface area (Å²) in [5.41, 5.74) is 3.27. The molecule has 0 bridgehead atoms. The fourth-order valence-electron chi connectivity index (χ4n) is 2.86. The topological polar surface area (TPSA) is 55.4 Å². The number of aryl methyl sites for hydroxylation is 2. The molecule has 1 amide bonds. The molecule has 1 N–H and O–H groups in total. The molecule has 0 radical (unpaired) electrons. The smallest absolute Gasteiger partial charge is 0.339 e. The summed E-state index contributed by atoms with van der Waals surface area (Å²) in [5.74, 6) is -0.869. The van der Waals surface area contributed by atoms with Gasteiger partial charge in [0.2, 0.25) is 0 Å². The predicted octanol–water partition coefficient (Wildman–Crippen LogP) is 4.25. The summed E-state index contributed by atoms with van der Waals surface area (Å²) in [6.07, 6.45) is 0. The molecule has 0 aliphatic carbocycles. The Balaban J connectivity index is 1.66. The Morgan fingerprint density at radius 2 is 1.60 bits per heavy atom. The van der Waals surface area contributed by atoms with Crippen molar-refractivity contribution in [1.29, 1.82) is 0 Å². The van der Waals surface area contributed by atoms with Crippen LogP contribution < -0.4 is 5.32 Å². The minimum atomic E-state index is -0.507. The zero-order valence-corrected chi connectivity index (χ0v) is 14.2. The van der Waals surface area contributed by atoms with E-state index in [1.807, 2.05) is 62.4 Å². The van der Waals surface area contributed by atoms with Crippen LogP contribution >= 0.6 is 0 Å². The zero-order chi connectivity index (χ0) is 17.8. The lowest BCUT2D eigenvalue weighted by molar-refractivity contribution is -0.119. The summed E-state index contributed by atoms with van der Waals surface area (Å²) in [6, 6.07) is 18.8. The van der Waals surface area contributed by atoms with Gasteiger partial charge in [0.25, 0.3) is 5.91 Å². The van der Waals surface area contributed by atoms with Gasteiger partial charge in [-0.2, -0.15) is 0 Å². The fourth-order valence-corrected chi connectivity index (χ4v) is 2.86. The van der Waals surface area contributed by atoms with Gasteiger partial charge in [0.1, 0.15) is 0 Å². The van der Waals surface area contributed by atoms with Crippen molar-refractivity contribution in [3.05, 3.63) is 77.4 Å². The third-order valence-electron chi connectivity index (χ3n) is 3.85. The van der Waals surface area contributed by atoms with E-state index >= 15 is 0 Å². The van der Waals surface area contributed by atoms with Crippen molar-refractivity contribution in [1.82, 2.24) is 0 Å². The summed E-state index contributed by atoms with van der Waals surface area (Å²) in [7, 11) is 0. The number of hydrogen-bond acceptors (Lipinski definition) is 3. The van der Waals surface area contributed by atoms with Gasteiger partial charge >= 0.3 is 5.97 Å². The highest BCUT2D eigenvalue weighted by Crippen LogP contribution is 2.19. The first kappa shape index (κ1) is 16.7. The largest absolute Gasteiger partial charge is 0.452 e. The molecule has 0 aromatic heterocycles. The molecule has 25 heavy (non-hydrogen) atoms. The lowest BCUT2D eigenvalue weighted by atomic mass is 10.1. The van der Waals surface area contributed by atoms with Crippen molar-refractivity contribution in [3.8, 4) is 0 Å². The maximum Gasteiger partial charge on any atom is 0.339 e. The van der Waals surface area contributed by atoms with Crippen molar-refractivity contribution in [2.75, 3.05) is 11.9 Å². The van der Waals surface area contributed by atoms with Crippen LogP contribution in [0.1, 0.15) is 21.5 Å². The van der Waals surface area contributed by atoms with Gasteiger partial charge in [0.15, 0.2) is 6.61 Å². The van der Waals surface area contributed by atoms with Crippen LogP contribution in [0.3, 0.4) is 0 Å². The van der Waals surface area contributed by atoms with E-state index in [0.29, 0.717) is 11.3 Å². The third kappa shape index (κ3) is 4.04. The Bertz CT molecular complexity index is 921. The molecule has 3 aromatic carbocycles. The highest BCUT2D eigenvalue weighted by atomic mass is 16.5. The summed E-state index contributed by atoms with van der Waals surface area (Å²) in [4.78, 5) is 24.4. The number of hydrogen-bond donors (Lipinski definition) is 1. The number of esters is 1. The minimum absolute atomic E-state index is 0.324. The maximum absolute atomic E-state index is 12.3. The maximum atomic E-state index is 12.3. The van der Waals surface area contributed by atoms with Gasteiger partial charge in [-0.15, -0.1) is 0 Å². The second-order valence-corrected chi connectivity index (χ2v) is 6.03. The van der Waals surface area contributed by atoms with Gasteiger partial charge in [-0.05, 0) is 53.9 Å². The predicted molar refractivity (Wildman–Crippen MR) is 98.8 cm³/mol. The number of rotatable bonds is 4. The van der Waals surface area contributed by atoms with Crippen molar-refractivity contribution in [3.63, 3.8) is 0 Å². The lowest BCUT2D eigenvalue weighted by Crippen LogP contribution is -2.21. The molecule has 0 spiro atoms. The second kappa shape index (κ2) is 7.18. The highest BCUT2D eigenvalue weighted by Gasteiger charge is 2.13. The Kier molecular flexibility index (Phi) is 4.80. The van der Waals surface area contributed by atoms with Crippen LogP contribution in [0.25, 0.3) is 10.8 Å². The molecule has 0 saturated heterocycles. The van der Waals surface area contributed by atoms with Crippen LogP contribution in [0.5, 0.6) is 0 Å². The number of nitrogens with one attached hydrogen (secondary N) is 1. The van der Waals surface area contributed by atoms with Gasteiger partial charge in [0.05, 0.1) is 5.56 Å². The number of fused-ring (bicyclic) bond motifs is 1. The molecule has 4 heteroatoms. The Labute approximate surface area is 146 Å². The molecule has 0 aliphatic rings. The van der Waals surface area contributed by atoms with E-state index in [2.05, 4.69) is 5.32 Å². The van der Waals surface area contributed by atoms with Gasteiger partial charge in [-0.1, -0.05) is 42.5 Å². The number of ether oxygens (including phenoxy) is 1. The molecule has 3 rings (SSSR count). The van der Waals surface area contributed by atoms with Gasteiger partial charge in [0, 0.05) is 5.69 Å². The molecule has 0 unspecified atom stereocenters. The van der Waals surface area contributed by atoms with Crippen molar-refractivity contribution >= 4 is 28.3 Å². The van der Waals surface area contributed by atoms with Crippen molar-refractivity contribution < 1.29 is 14.3 Å². The average Bonchev–Trinajstić information content (AvgIpc) is 2.58. The average molecular weight is 333 g/mol. The van der Waals surface area contributed by atoms with Crippen LogP contribution in [0.15, 0.2) is 60.7 Å². The zero-order valence-electron chi connectivity index (χ0n) is 14.2. The Hall–Kier alpha value is -3.14. The minimum Gasteiger partial charge on any atom is -0.452 e. The molecule has 0 saturated carbocycles. The Morgan fingerprint density at radius 1 is 0.920 bits per heavy atom. The number of carbonyl (C=O) groups is 2. The van der Waals surface area contributed by atoms with Crippen molar-refractivity contribution in [2.45, 2.75) is 13.8 Å². The molecule has 0 atom stereocenters. The van der Waals surface area contributed by atoms with E-state index in [4.69, 9.17) is 4.74 Å². The molecule has 0 fully saturated rings. The van der Waals surface area contributed by atoms with Gasteiger partial charge in [-0.3, -0.25) is 4.79 Å². The summed E-state index contributed by atoms with van der Waals surface area (Å²) in [6.45, 7) is 3.60. The van der Waals surface area contributed by atoms with Crippen LogP contribution in [0, 0.1) is 13.8 Å². The summed E-state index contributed by atoms with van der Waals surface area (Å²) >= 11 is 0. The molecule has 0 heterocycles. The van der Waals surface area contributed by atoms with E-state index in [9.17, 15) is 9.59 Å². The second-order valence-electron chi connectivity index (χ2n) is 6.03. The van der Waals surface area contributed by atoms with Crippen molar-refractivity contribution in [2.24, 2.45) is 0 Å². The van der Waals surface area contributed by atoms with E-state index in [0.717, 1.165) is 21.9 Å². The molecule has 0 aliphatic heterocycles. The lowest BCUT2D eigenvalue weighted by Gasteiger charge is -2.09. The molecule has 3 aromatic rings. The van der Waals surface area contributed by atoms with E-state index in [-0.39, 0.29) is 12.5 Å². The monoisotopic (exact) mass is 333 g/mol. The van der Waals surface area contributed by atoms with Crippen LogP contribution in [0.4, 0.5) is 5.69 Å². The van der Waals surface area contributed by atoms with Gasteiger partial charge < -0.3 is 10.1 Å². The standard InChI is InChI=1S/C21H19NO3/c1-14-10-15(2)12-17(11-14)22-20(23)13-25-21(24)19-9-5-7-16-6-3-4-8-18(16)19/h3-12H,13H2,1-2H3,(H,22,23). The van der Waals surface area contributed by atoms with Gasteiger partial charge in [-0.25, -0.2) is 4.79 Å². The first-order chi connectivity index (χ1) is 12.0. The summed E-state index contributed by atoms with van der Waals surface area (Å²) in [5, 5.41) is 4.52. The first-order valence-electron chi connectivity index (χ1n) is 8.06. The van der Waals surface area contributed by atoms with Crippen LogP contribution in [-0.4, -0.2) is 18.5 Å². The SMILES string of the molecule is Cc1cc(C)cc(NC(=O)COC(=O)c2cccc3ccccc23)c1. The van der Waals surface area contributed by atoms with Crippen LogP contribution in [0.2, 0.25) is 0 Å². The van der Waals surface area contributed by atoms with E-state index < -0.39 is 5.97 Å². The summed E-state index contributed by atoms with van der Waals surface area (Å²) < 4.78 is 5.18. The molecular formula is C21H19NO3. The number of carbonyl (C=O) groups excluding carboxylic acids is 2. The van der Waals surface area contributed by atoms with Crippen LogP contribution in [-0.2, 0) is 9.53 Å². The molecule has 126 valence electrons. The number of amides is 1. The quantitative estimate of drug-likeness (QED) is 0.726.